The summed E-state index contributed by atoms with van der Waals surface area (Å²) in [5.41, 5.74) is 1.13. The Morgan fingerprint density at radius 3 is 2.52 bits per heavy atom. The minimum atomic E-state index is -0.188. The Morgan fingerprint density at radius 1 is 1.04 bits per heavy atom. The highest BCUT2D eigenvalue weighted by molar-refractivity contribution is 8.00. The monoisotopic (exact) mass is 359 g/mol. The van der Waals surface area contributed by atoms with Crippen molar-refractivity contribution in [3.63, 3.8) is 0 Å². The third-order valence-corrected chi connectivity index (χ3v) is 6.65. The van der Waals surface area contributed by atoms with Crippen molar-refractivity contribution in [1.29, 1.82) is 0 Å². The summed E-state index contributed by atoms with van der Waals surface area (Å²) >= 11 is 1.97. The zero-order chi connectivity index (χ0) is 17.5. The number of benzene rings is 1. The molecule has 3 rings (SSSR count). The van der Waals surface area contributed by atoms with E-state index in [1.165, 1.54) is 37.0 Å². The molecule has 0 bridgehead atoms. The number of amides is 1. The molecule has 1 amide bonds. The Morgan fingerprint density at radius 2 is 1.76 bits per heavy atom. The lowest BCUT2D eigenvalue weighted by molar-refractivity contribution is -0.117. The number of nitrogens with one attached hydrogen (secondary N) is 1. The first-order valence-electron chi connectivity index (χ1n) is 9.63. The van der Waals surface area contributed by atoms with E-state index in [1.807, 2.05) is 23.9 Å². The molecule has 2 aliphatic carbocycles. The molecule has 1 aromatic carbocycles. The lowest BCUT2D eigenvalue weighted by atomic mass is 9.93. The molecule has 0 spiro atoms. The van der Waals surface area contributed by atoms with Crippen LogP contribution in [0.15, 0.2) is 35.2 Å². The van der Waals surface area contributed by atoms with Gasteiger partial charge in [-0.15, -0.1) is 11.8 Å². The largest absolute Gasteiger partial charge is 0.393 e. The molecular weight excluding hydrogens is 330 g/mol. The van der Waals surface area contributed by atoms with Crippen molar-refractivity contribution in [3.8, 4) is 0 Å². The van der Waals surface area contributed by atoms with Crippen molar-refractivity contribution in [1.82, 2.24) is 5.32 Å². The van der Waals surface area contributed by atoms with E-state index in [1.54, 1.807) is 6.08 Å². The summed E-state index contributed by atoms with van der Waals surface area (Å²) in [6, 6.07) is 8.57. The average Bonchev–Trinajstić information content (AvgIpc) is 2.64. The molecule has 2 saturated carbocycles. The molecule has 2 aliphatic rings. The quantitative estimate of drug-likeness (QED) is 0.759. The number of aliphatic hydroxyl groups is 1. The molecule has 0 aliphatic heterocycles. The molecule has 2 fully saturated rings. The van der Waals surface area contributed by atoms with Crippen molar-refractivity contribution < 1.29 is 9.90 Å². The highest BCUT2D eigenvalue weighted by Gasteiger charge is 2.20. The molecule has 25 heavy (non-hydrogen) atoms. The molecular formula is C21H29NO2S. The van der Waals surface area contributed by atoms with Crippen molar-refractivity contribution in [3.05, 3.63) is 35.9 Å². The number of rotatable bonds is 5. The van der Waals surface area contributed by atoms with Gasteiger partial charge in [-0.05, 0) is 56.2 Å². The standard InChI is InChI=1S/C21H29NO2S/c23-18-13-11-17(12-14-18)22-21(24)15-10-16-6-4-5-9-20(16)25-19-7-2-1-3-8-19/h4-6,9-10,15,17-19,23H,1-3,7-8,11-14H2,(H,22,24). The number of hydrogen-bond donors (Lipinski definition) is 2. The van der Waals surface area contributed by atoms with E-state index < -0.39 is 0 Å². The topological polar surface area (TPSA) is 49.3 Å². The zero-order valence-corrected chi connectivity index (χ0v) is 15.6. The van der Waals surface area contributed by atoms with Gasteiger partial charge in [0.2, 0.25) is 5.91 Å². The van der Waals surface area contributed by atoms with Gasteiger partial charge in [0.25, 0.3) is 0 Å². The predicted octanol–water partition coefficient (Wildman–Crippen LogP) is 4.54. The summed E-state index contributed by atoms with van der Waals surface area (Å²) < 4.78 is 0. The van der Waals surface area contributed by atoms with Crippen LogP contribution in [0.4, 0.5) is 0 Å². The Bertz CT molecular complexity index is 587. The number of hydrogen-bond acceptors (Lipinski definition) is 3. The molecule has 0 atom stereocenters. The summed E-state index contributed by atoms with van der Waals surface area (Å²) in [6.07, 6.45) is 13.4. The summed E-state index contributed by atoms with van der Waals surface area (Å²) in [4.78, 5) is 13.5. The van der Waals surface area contributed by atoms with Crippen molar-refractivity contribution in [2.45, 2.75) is 80.1 Å². The van der Waals surface area contributed by atoms with Gasteiger partial charge in [0, 0.05) is 22.3 Å². The predicted molar refractivity (Wildman–Crippen MR) is 105 cm³/mol. The normalized spacial score (nSPS) is 25.2. The fraction of sp³-hybridized carbons (Fsp3) is 0.571. The molecule has 3 nitrogen and oxygen atoms in total. The Kier molecular flexibility index (Phi) is 7.00. The van der Waals surface area contributed by atoms with Crippen LogP contribution in [0.3, 0.4) is 0 Å². The third-order valence-electron chi connectivity index (χ3n) is 5.22. The van der Waals surface area contributed by atoms with E-state index >= 15 is 0 Å². The van der Waals surface area contributed by atoms with Gasteiger partial charge in [-0.25, -0.2) is 0 Å². The van der Waals surface area contributed by atoms with Crippen LogP contribution in [0.2, 0.25) is 0 Å². The first kappa shape index (κ1) is 18.5. The Hall–Kier alpha value is -1.26. The minimum absolute atomic E-state index is 0.0288. The number of carbonyl (C=O) groups excluding carboxylic acids is 1. The van der Waals surface area contributed by atoms with Gasteiger partial charge in [-0.1, -0.05) is 37.5 Å². The maximum atomic E-state index is 12.2. The summed E-state index contributed by atoms with van der Waals surface area (Å²) in [5.74, 6) is -0.0288. The van der Waals surface area contributed by atoms with Crippen molar-refractivity contribution >= 4 is 23.7 Å². The molecule has 4 heteroatoms. The SMILES string of the molecule is O=C(C=Cc1ccccc1SC1CCCCC1)NC1CCC(O)CC1. The van der Waals surface area contributed by atoms with E-state index in [2.05, 4.69) is 23.5 Å². The average molecular weight is 360 g/mol. The van der Waals surface area contributed by atoms with Crippen LogP contribution in [0.25, 0.3) is 6.08 Å². The zero-order valence-electron chi connectivity index (χ0n) is 14.8. The lowest BCUT2D eigenvalue weighted by Crippen LogP contribution is -2.37. The Balaban J connectivity index is 1.56. The fourth-order valence-corrected chi connectivity index (χ4v) is 5.08. The number of thioether (sulfide) groups is 1. The lowest BCUT2D eigenvalue weighted by Gasteiger charge is -2.25. The highest BCUT2D eigenvalue weighted by atomic mass is 32.2. The first-order chi connectivity index (χ1) is 12.2. The van der Waals surface area contributed by atoms with Gasteiger partial charge in [-0.2, -0.15) is 0 Å². The number of aliphatic hydroxyl groups excluding tert-OH is 1. The summed E-state index contributed by atoms with van der Waals surface area (Å²) in [6.45, 7) is 0. The maximum Gasteiger partial charge on any atom is 0.244 e. The molecule has 0 heterocycles. The van der Waals surface area contributed by atoms with Crippen LogP contribution in [0, 0.1) is 0 Å². The second-order valence-corrected chi connectivity index (χ2v) is 8.61. The first-order valence-corrected chi connectivity index (χ1v) is 10.5. The molecule has 1 aromatic rings. The van der Waals surface area contributed by atoms with Gasteiger partial charge in [0.1, 0.15) is 0 Å². The van der Waals surface area contributed by atoms with Crippen molar-refractivity contribution in [2.24, 2.45) is 0 Å². The van der Waals surface area contributed by atoms with Gasteiger partial charge in [-0.3, -0.25) is 4.79 Å². The van der Waals surface area contributed by atoms with Crippen LogP contribution in [0.5, 0.6) is 0 Å². The second kappa shape index (κ2) is 9.44. The highest BCUT2D eigenvalue weighted by Crippen LogP contribution is 2.35. The molecule has 0 aromatic heterocycles. The molecule has 136 valence electrons. The van der Waals surface area contributed by atoms with Crippen LogP contribution >= 0.6 is 11.8 Å². The van der Waals surface area contributed by atoms with E-state index in [0.717, 1.165) is 31.2 Å². The van der Waals surface area contributed by atoms with Gasteiger partial charge < -0.3 is 10.4 Å². The molecule has 0 unspecified atom stereocenters. The molecule has 0 radical (unpaired) electrons. The van der Waals surface area contributed by atoms with E-state index in [0.29, 0.717) is 5.25 Å². The smallest absolute Gasteiger partial charge is 0.244 e. The van der Waals surface area contributed by atoms with Crippen LogP contribution in [-0.2, 0) is 4.79 Å². The van der Waals surface area contributed by atoms with E-state index in [-0.39, 0.29) is 18.1 Å². The van der Waals surface area contributed by atoms with Crippen molar-refractivity contribution in [2.75, 3.05) is 0 Å². The van der Waals surface area contributed by atoms with E-state index in [4.69, 9.17) is 0 Å². The summed E-state index contributed by atoms with van der Waals surface area (Å²) in [7, 11) is 0. The van der Waals surface area contributed by atoms with Crippen LogP contribution < -0.4 is 5.32 Å². The third kappa shape index (κ3) is 5.89. The minimum Gasteiger partial charge on any atom is -0.393 e. The molecule has 0 saturated heterocycles. The molecule has 2 N–H and O–H groups in total. The van der Waals surface area contributed by atoms with Crippen LogP contribution in [0.1, 0.15) is 63.4 Å². The number of carbonyl (C=O) groups is 1. The summed E-state index contributed by atoms with van der Waals surface area (Å²) in [5, 5.41) is 13.3. The Labute approximate surface area is 155 Å². The van der Waals surface area contributed by atoms with Gasteiger partial charge in [0.15, 0.2) is 0 Å². The maximum absolute atomic E-state index is 12.2. The van der Waals surface area contributed by atoms with Gasteiger partial charge >= 0.3 is 0 Å². The van der Waals surface area contributed by atoms with Crippen LogP contribution in [-0.4, -0.2) is 28.4 Å². The fourth-order valence-electron chi connectivity index (χ4n) is 3.72. The second-order valence-electron chi connectivity index (χ2n) is 7.26. The van der Waals surface area contributed by atoms with Gasteiger partial charge in [0.05, 0.1) is 6.10 Å². The van der Waals surface area contributed by atoms with E-state index in [9.17, 15) is 9.90 Å².